The number of hydrogen-bond acceptors (Lipinski definition) is 2. The molecule has 302 valence electrons. The largest absolute Gasteiger partial charge is 0.404 e. The molecule has 0 aliphatic heterocycles. The van der Waals surface area contributed by atoms with Crippen LogP contribution >= 0.6 is 0 Å². The van der Waals surface area contributed by atoms with Crippen LogP contribution in [0.4, 0.5) is 0 Å². The number of unbranched alkanes of at least 4 members (excludes halogenated alkanes) is 1. The van der Waals surface area contributed by atoms with E-state index in [2.05, 4.69) is 189 Å². The van der Waals surface area contributed by atoms with Gasteiger partial charge in [0, 0.05) is 12.2 Å². The molecule has 4 atom stereocenters. The van der Waals surface area contributed by atoms with Crippen LogP contribution in [0.15, 0.2) is 133 Å². The first-order valence-corrected chi connectivity index (χ1v) is 25.9. The molecule has 0 radical (unpaired) electrons. The first kappa shape index (κ1) is 44.1. The summed E-state index contributed by atoms with van der Waals surface area (Å²) in [6.07, 6.45) is 20.7. The molecule has 0 aromatic heterocycles. The van der Waals surface area contributed by atoms with E-state index in [0.29, 0.717) is 12.2 Å². The van der Waals surface area contributed by atoms with E-state index in [1.165, 1.54) is 97.8 Å². The maximum Gasteiger partial charge on any atom is 0.261 e. The lowest BCUT2D eigenvalue weighted by molar-refractivity contribution is 0.110. The summed E-state index contributed by atoms with van der Waals surface area (Å²) in [5.74, 6) is 1.60. The van der Waals surface area contributed by atoms with Crippen LogP contribution in [0.3, 0.4) is 0 Å². The molecule has 4 aromatic rings. The topological polar surface area (TPSA) is 18.5 Å². The van der Waals surface area contributed by atoms with Crippen molar-refractivity contribution in [2.45, 2.75) is 155 Å². The highest BCUT2D eigenvalue weighted by Crippen LogP contribution is 2.42. The van der Waals surface area contributed by atoms with Gasteiger partial charge < -0.3 is 8.85 Å². The normalized spacial score (nSPS) is 21.0. The van der Waals surface area contributed by atoms with Crippen molar-refractivity contribution in [3.63, 3.8) is 0 Å². The maximum atomic E-state index is 7.36. The molecule has 2 nitrogen and oxygen atoms in total. The van der Waals surface area contributed by atoms with E-state index < -0.39 is 16.6 Å². The Labute approximate surface area is 344 Å². The van der Waals surface area contributed by atoms with E-state index in [4.69, 9.17) is 8.85 Å². The Bertz CT molecular complexity index is 1630. The van der Waals surface area contributed by atoms with Gasteiger partial charge in [-0.25, -0.2) is 0 Å². The lowest BCUT2D eigenvalue weighted by Gasteiger charge is -2.46. The van der Waals surface area contributed by atoms with Crippen molar-refractivity contribution in [1.29, 1.82) is 0 Å². The molecule has 0 bridgehead atoms. The second kappa shape index (κ2) is 20.6. The standard InChI is InChI=1S/C26H38OSi.C26H36OSi/c2*1-5-6-14-22-15-13-16-23(21-22)27-28(26(2,3)4,24-17-9-7-10-18-24)25-19-11-8-12-20-25/h7-12,17-20,22-23H,5-6,13-16,21H2,1-4H3;5-12,17-20,22-23H,13-16,21H2,1-4H3. The van der Waals surface area contributed by atoms with Gasteiger partial charge in [0.05, 0.1) is 0 Å². The van der Waals surface area contributed by atoms with Crippen molar-refractivity contribution in [1.82, 2.24) is 0 Å². The molecule has 0 saturated heterocycles. The lowest BCUT2D eigenvalue weighted by Crippen LogP contribution is -2.67. The Morgan fingerprint density at radius 3 is 1.23 bits per heavy atom. The first-order chi connectivity index (χ1) is 26.9. The lowest BCUT2D eigenvalue weighted by atomic mass is 9.84. The molecule has 2 aliphatic carbocycles. The summed E-state index contributed by atoms with van der Waals surface area (Å²) in [4.78, 5) is 0. The number of benzene rings is 4. The van der Waals surface area contributed by atoms with Gasteiger partial charge >= 0.3 is 0 Å². The van der Waals surface area contributed by atoms with Crippen molar-refractivity contribution < 1.29 is 8.85 Å². The minimum atomic E-state index is -2.42. The summed E-state index contributed by atoms with van der Waals surface area (Å²) in [5, 5.41) is 5.74. The molecule has 2 fully saturated rings. The monoisotopic (exact) mass is 787 g/mol. The van der Waals surface area contributed by atoms with E-state index in [9.17, 15) is 0 Å². The van der Waals surface area contributed by atoms with Crippen LogP contribution < -0.4 is 20.7 Å². The van der Waals surface area contributed by atoms with E-state index >= 15 is 0 Å². The highest BCUT2D eigenvalue weighted by atomic mass is 28.4. The Morgan fingerprint density at radius 1 is 0.536 bits per heavy atom. The molecule has 0 heterocycles. The van der Waals surface area contributed by atoms with Crippen molar-refractivity contribution in [2.75, 3.05) is 0 Å². The average Bonchev–Trinajstić information content (AvgIpc) is 3.21. The molecule has 6 rings (SSSR count). The van der Waals surface area contributed by atoms with Crippen LogP contribution in [-0.2, 0) is 8.85 Å². The fourth-order valence-electron chi connectivity index (χ4n) is 9.88. The first-order valence-electron chi connectivity index (χ1n) is 22.1. The van der Waals surface area contributed by atoms with E-state index in [1.54, 1.807) is 0 Å². The molecule has 4 aromatic carbocycles. The second-order valence-electron chi connectivity index (χ2n) is 18.8. The average molecular weight is 787 g/mol. The van der Waals surface area contributed by atoms with Crippen LogP contribution in [0.25, 0.3) is 0 Å². The number of rotatable bonds is 13. The Balaban J connectivity index is 0.000000214. The summed E-state index contributed by atoms with van der Waals surface area (Å²) in [6.45, 7) is 18.7. The minimum Gasteiger partial charge on any atom is -0.404 e. The van der Waals surface area contributed by atoms with E-state index in [1.807, 2.05) is 0 Å². The number of allylic oxidation sites excluding steroid dienone is 2. The smallest absolute Gasteiger partial charge is 0.261 e. The summed E-state index contributed by atoms with van der Waals surface area (Å²) >= 11 is 0. The maximum absolute atomic E-state index is 7.36. The van der Waals surface area contributed by atoms with Crippen LogP contribution in [0, 0.1) is 11.8 Å². The van der Waals surface area contributed by atoms with Gasteiger partial charge in [0.25, 0.3) is 16.6 Å². The third-order valence-electron chi connectivity index (χ3n) is 12.7. The zero-order valence-electron chi connectivity index (χ0n) is 36.3. The van der Waals surface area contributed by atoms with E-state index in [-0.39, 0.29) is 10.1 Å². The summed E-state index contributed by atoms with van der Waals surface area (Å²) < 4.78 is 14.7. The van der Waals surface area contributed by atoms with E-state index in [0.717, 1.165) is 11.8 Å². The highest BCUT2D eigenvalue weighted by molar-refractivity contribution is 7.00. The fraction of sp³-hybridized carbons (Fsp3) is 0.500. The van der Waals surface area contributed by atoms with Gasteiger partial charge in [-0.3, -0.25) is 0 Å². The zero-order chi connectivity index (χ0) is 40.1. The molecule has 4 heteroatoms. The fourth-order valence-corrected chi connectivity index (χ4v) is 19.3. The molecular weight excluding hydrogens is 713 g/mol. The molecule has 0 spiro atoms. The van der Waals surface area contributed by atoms with Crippen molar-refractivity contribution >= 4 is 37.4 Å². The van der Waals surface area contributed by atoms with Crippen LogP contribution in [0.5, 0.6) is 0 Å². The highest BCUT2D eigenvalue weighted by Gasteiger charge is 2.53. The van der Waals surface area contributed by atoms with Crippen molar-refractivity contribution in [2.24, 2.45) is 11.8 Å². The third-order valence-corrected chi connectivity index (χ3v) is 22.8. The SMILES string of the molecule is CC=CCC1CCCC(O[Si](c2ccccc2)(c2ccccc2)C(C)(C)C)C1.CCCCC1CCCC(O[Si](c2ccccc2)(c2ccccc2)C(C)(C)C)C1. The zero-order valence-corrected chi connectivity index (χ0v) is 38.3. The predicted molar refractivity (Wildman–Crippen MR) is 248 cm³/mol. The molecule has 0 amide bonds. The van der Waals surface area contributed by atoms with Crippen molar-refractivity contribution in [3.8, 4) is 0 Å². The quantitative estimate of drug-likeness (QED) is 0.0993. The minimum absolute atomic E-state index is 0.0615. The van der Waals surface area contributed by atoms with Gasteiger partial charge in [0.15, 0.2) is 0 Å². The van der Waals surface area contributed by atoms with Crippen LogP contribution in [-0.4, -0.2) is 28.8 Å². The van der Waals surface area contributed by atoms with Gasteiger partial charge in [-0.1, -0.05) is 220 Å². The van der Waals surface area contributed by atoms with Gasteiger partial charge in [-0.2, -0.15) is 0 Å². The van der Waals surface area contributed by atoms with Gasteiger partial charge in [-0.15, -0.1) is 0 Å². The second-order valence-corrected chi connectivity index (χ2v) is 27.3. The third kappa shape index (κ3) is 10.7. The summed E-state index contributed by atoms with van der Waals surface area (Å²) in [6, 6.07) is 44.3. The molecule has 0 N–H and O–H groups in total. The summed E-state index contributed by atoms with van der Waals surface area (Å²) in [7, 11) is -4.81. The molecule has 2 aliphatic rings. The number of hydrogen-bond donors (Lipinski definition) is 0. The molecule has 56 heavy (non-hydrogen) atoms. The summed E-state index contributed by atoms with van der Waals surface area (Å²) in [5.41, 5.74) is 0. The van der Waals surface area contributed by atoms with Crippen molar-refractivity contribution in [3.05, 3.63) is 133 Å². The Morgan fingerprint density at radius 2 is 0.893 bits per heavy atom. The Hall–Kier alpha value is -3.03. The van der Waals surface area contributed by atoms with Crippen LogP contribution in [0.2, 0.25) is 10.1 Å². The van der Waals surface area contributed by atoms with Gasteiger partial charge in [0.1, 0.15) is 0 Å². The Kier molecular flexibility index (Phi) is 16.2. The molecule has 4 unspecified atom stereocenters. The molecular formula is C52H74O2Si2. The molecule has 2 saturated carbocycles. The van der Waals surface area contributed by atoms with Crippen LogP contribution in [0.1, 0.15) is 132 Å². The van der Waals surface area contributed by atoms with Gasteiger partial charge in [0.2, 0.25) is 0 Å². The predicted octanol–water partition coefficient (Wildman–Crippen LogP) is 12.4. The van der Waals surface area contributed by atoms with Gasteiger partial charge in [-0.05, 0) is 88.1 Å².